The second kappa shape index (κ2) is 6.86. The number of benzene rings is 1. The molecule has 0 atom stereocenters. The van der Waals surface area contributed by atoms with Crippen LogP contribution in [0.15, 0.2) is 18.2 Å². The van der Waals surface area contributed by atoms with Gasteiger partial charge in [0.15, 0.2) is 0 Å². The first-order valence-corrected chi connectivity index (χ1v) is 7.99. The summed E-state index contributed by atoms with van der Waals surface area (Å²) in [6.45, 7) is 0. The number of thioether (sulfide) groups is 1. The standard InChI is InChI=1S/C16H19NO3S/c1-19-14-7-12(3-4-13(14)9-17)10-21-11-16(5-6-16)8-15(18)20-2/h3-4,7H,5-6,8,10-11H2,1-2H3. The number of methoxy groups -OCH3 is 2. The Morgan fingerprint density at radius 1 is 1.43 bits per heavy atom. The Morgan fingerprint density at radius 3 is 2.76 bits per heavy atom. The molecular weight excluding hydrogens is 286 g/mol. The zero-order valence-electron chi connectivity index (χ0n) is 12.3. The predicted octanol–water partition coefficient (Wildman–Crippen LogP) is 3.14. The number of hydrogen-bond acceptors (Lipinski definition) is 5. The van der Waals surface area contributed by atoms with E-state index >= 15 is 0 Å². The smallest absolute Gasteiger partial charge is 0.306 e. The number of carbonyl (C=O) groups is 1. The molecular formula is C16H19NO3S. The van der Waals surface area contributed by atoms with E-state index in [2.05, 4.69) is 6.07 Å². The molecule has 0 N–H and O–H groups in total. The summed E-state index contributed by atoms with van der Waals surface area (Å²) in [5, 5.41) is 8.96. The van der Waals surface area contributed by atoms with Gasteiger partial charge in [-0.1, -0.05) is 6.07 Å². The van der Waals surface area contributed by atoms with Gasteiger partial charge in [0.05, 0.1) is 26.2 Å². The van der Waals surface area contributed by atoms with Gasteiger partial charge in [0.25, 0.3) is 0 Å². The zero-order chi connectivity index (χ0) is 15.3. The molecule has 0 bridgehead atoms. The second-order valence-electron chi connectivity index (χ2n) is 5.39. The average molecular weight is 305 g/mol. The van der Waals surface area contributed by atoms with Gasteiger partial charge in [0.2, 0.25) is 0 Å². The number of nitriles is 1. The SMILES string of the molecule is COC(=O)CC1(CSCc2ccc(C#N)c(OC)c2)CC1. The van der Waals surface area contributed by atoms with Crippen LogP contribution in [0.1, 0.15) is 30.4 Å². The maximum absolute atomic E-state index is 11.4. The molecule has 0 aliphatic heterocycles. The lowest BCUT2D eigenvalue weighted by atomic mass is 10.1. The topological polar surface area (TPSA) is 59.3 Å². The van der Waals surface area contributed by atoms with Gasteiger partial charge >= 0.3 is 5.97 Å². The minimum atomic E-state index is -0.117. The van der Waals surface area contributed by atoms with Crippen molar-refractivity contribution in [1.29, 1.82) is 5.26 Å². The molecule has 5 heteroatoms. The summed E-state index contributed by atoms with van der Waals surface area (Å²) >= 11 is 1.81. The Hall–Kier alpha value is -1.67. The van der Waals surface area contributed by atoms with E-state index in [4.69, 9.17) is 14.7 Å². The average Bonchev–Trinajstić information content (AvgIpc) is 3.26. The van der Waals surface area contributed by atoms with Gasteiger partial charge in [0, 0.05) is 5.75 Å². The molecule has 21 heavy (non-hydrogen) atoms. The van der Waals surface area contributed by atoms with Crippen LogP contribution in [-0.2, 0) is 15.3 Å². The highest BCUT2D eigenvalue weighted by Gasteiger charge is 2.44. The van der Waals surface area contributed by atoms with Crippen LogP contribution in [0, 0.1) is 16.7 Å². The van der Waals surface area contributed by atoms with Crippen molar-refractivity contribution in [2.45, 2.75) is 25.0 Å². The second-order valence-corrected chi connectivity index (χ2v) is 6.38. The van der Waals surface area contributed by atoms with Crippen LogP contribution in [0.5, 0.6) is 5.75 Å². The maximum atomic E-state index is 11.4. The highest BCUT2D eigenvalue weighted by Crippen LogP contribution is 2.51. The molecule has 0 spiro atoms. The van der Waals surface area contributed by atoms with Crippen molar-refractivity contribution < 1.29 is 14.3 Å². The fraction of sp³-hybridized carbons (Fsp3) is 0.500. The third-order valence-corrected chi connectivity index (χ3v) is 5.12. The molecule has 1 aliphatic rings. The number of rotatable bonds is 7. The summed E-state index contributed by atoms with van der Waals surface area (Å²) in [6.07, 6.45) is 2.73. The van der Waals surface area contributed by atoms with E-state index in [1.165, 1.54) is 7.11 Å². The van der Waals surface area contributed by atoms with Crippen LogP contribution in [-0.4, -0.2) is 25.9 Å². The number of ether oxygens (including phenoxy) is 2. The van der Waals surface area contributed by atoms with Gasteiger partial charge in [-0.2, -0.15) is 17.0 Å². The van der Waals surface area contributed by atoms with Crippen LogP contribution >= 0.6 is 11.8 Å². The Labute approximate surface area is 129 Å². The minimum Gasteiger partial charge on any atom is -0.495 e. The number of esters is 1. The third kappa shape index (κ3) is 4.15. The van der Waals surface area contributed by atoms with E-state index in [9.17, 15) is 4.79 Å². The van der Waals surface area contributed by atoms with E-state index in [1.54, 1.807) is 13.2 Å². The van der Waals surface area contributed by atoms with Crippen molar-refractivity contribution in [2.75, 3.05) is 20.0 Å². The normalized spacial score (nSPS) is 15.1. The van der Waals surface area contributed by atoms with Crippen molar-refractivity contribution in [3.63, 3.8) is 0 Å². The molecule has 1 fully saturated rings. The summed E-state index contributed by atoms with van der Waals surface area (Å²) < 4.78 is 9.96. The summed E-state index contributed by atoms with van der Waals surface area (Å²) in [4.78, 5) is 11.4. The van der Waals surface area contributed by atoms with Gasteiger partial charge in [-0.05, 0) is 41.7 Å². The van der Waals surface area contributed by atoms with Gasteiger partial charge in [-0.15, -0.1) is 0 Å². The summed E-state index contributed by atoms with van der Waals surface area (Å²) in [7, 11) is 3.01. The Balaban J connectivity index is 1.87. The first-order valence-electron chi connectivity index (χ1n) is 6.84. The molecule has 1 saturated carbocycles. The van der Waals surface area contributed by atoms with Crippen LogP contribution in [0.3, 0.4) is 0 Å². The molecule has 1 aromatic carbocycles. The van der Waals surface area contributed by atoms with Crippen molar-refractivity contribution in [2.24, 2.45) is 5.41 Å². The molecule has 4 nitrogen and oxygen atoms in total. The molecule has 0 heterocycles. The van der Waals surface area contributed by atoms with Crippen molar-refractivity contribution in [3.8, 4) is 11.8 Å². The highest BCUT2D eigenvalue weighted by atomic mass is 32.2. The Kier molecular flexibility index (Phi) is 5.13. The largest absolute Gasteiger partial charge is 0.495 e. The van der Waals surface area contributed by atoms with E-state index in [1.807, 2.05) is 23.9 Å². The molecule has 2 rings (SSSR count). The van der Waals surface area contributed by atoms with E-state index in [-0.39, 0.29) is 11.4 Å². The molecule has 0 radical (unpaired) electrons. The fourth-order valence-corrected chi connectivity index (χ4v) is 3.57. The Bertz CT molecular complexity index is 561. The molecule has 0 saturated heterocycles. The van der Waals surface area contributed by atoms with Crippen molar-refractivity contribution in [1.82, 2.24) is 0 Å². The first kappa shape index (κ1) is 15.7. The van der Waals surface area contributed by atoms with Gasteiger partial charge in [-0.25, -0.2) is 0 Å². The van der Waals surface area contributed by atoms with Crippen LogP contribution in [0.2, 0.25) is 0 Å². The van der Waals surface area contributed by atoms with E-state index in [0.29, 0.717) is 17.7 Å². The van der Waals surface area contributed by atoms with Gasteiger partial charge in [0.1, 0.15) is 11.8 Å². The lowest BCUT2D eigenvalue weighted by Crippen LogP contribution is -2.13. The molecule has 112 valence electrons. The fourth-order valence-electron chi connectivity index (χ4n) is 2.23. The van der Waals surface area contributed by atoms with Crippen LogP contribution in [0.4, 0.5) is 0 Å². The van der Waals surface area contributed by atoms with Crippen molar-refractivity contribution in [3.05, 3.63) is 29.3 Å². The maximum Gasteiger partial charge on any atom is 0.306 e. The van der Waals surface area contributed by atoms with Gasteiger partial charge < -0.3 is 9.47 Å². The molecule has 1 aromatic rings. The highest BCUT2D eigenvalue weighted by molar-refractivity contribution is 7.98. The quantitative estimate of drug-likeness (QED) is 0.724. The molecule has 0 amide bonds. The zero-order valence-corrected chi connectivity index (χ0v) is 13.2. The minimum absolute atomic E-state index is 0.117. The van der Waals surface area contributed by atoms with Crippen molar-refractivity contribution >= 4 is 17.7 Å². The molecule has 1 aliphatic carbocycles. The monoisotopic (exact) mass is 305 g/mol. The summed E-state index contributed by atoms with van der Waals surface area (Å²) in [5.74, 6) is 2.31. The van der Waals surface area contributed by atoms with Crippen LogP contribution < -0.4 is 4.74 Å². The lowest BCUT2D eigenvalue weighted by molar-refractivity contribution is -0.141. The summed E-state index contributed by atoms with van der Waals surface area (Å²) in [6, 6.07) is 7.76. The number of nitrogens with zero attached hydrogens (tertiary/aromatic N) is 1. The predicted molar refractivity (Wildman–Crippen MR) is 82.2 cm³/mol. The molecule has 0 unspecified atom stereocenters. The Morgan fingerprint density at radius 2 is 2.19 bits per heavy atom. The van der Waals surface area contributed by atoms with Crippen LogP contribution in [0.25, 0.3) is 0 Å². The third-order valence-electron chi connectivity index (χ3n) is 3.77. The van der Waals surface area contributed by atoms with E-state index in [0.717, 1.165) is 29.9 Å². The first-order chi connectivity index (χ1) is 10.1. The van der Waals surface area contributed by atoms with Gasteiger partial charge in [-0.3, -0.25) is 4.79 Å². The summed E-state index contributed by atoms with van der Waals surface area (Å²) in [5.41, 5.74) is 1.83. The lowest BCUT2D eigenvalue weighted by Gasteiger charge is -2.13. The molecule has 0 aromatic heterocycles. The number of hydrogen-bond donors (Lipinski definition) is 0. The number of carbonyl (C=O) groups excluding carboxylic acids is 1. The van der Waals surface area contributed by atoms with E-state index < -0.39 is 0 Å².